The predicted octanol–water partition coefficient (Wildman–Crippen LogP) is 0.117. The number of morpholine rings is 1. The van der Waals surface area contributed by atoms with Gasteiger partial charge in [-0.2, -0.15) is 0 Å². The Bertz CT molecular complexity index is 216. The maximum Gasteiger partial charge on any atom is 0.404 e. The molecule has 1 amide bonds. The molecule has 2 N–H and O–H groups in total. The summed E-state index contributed by atoms with van der Waals surface area (Å²) in [6.45, 7) is 3.41. The number of carbonyl (C=O) groups is 1. The van der Waals surface area contributed by atoms with Gasteiger partial charge >= 0.3 is 6.09 Å². The van der Waals surface area contributed by atoms with Gasteiger partial charge in [-0.25, -0.2) is 4.79 Å². The number of hydrogen-bond acceptors (Lipinski definition) is 3. The number of ether oxygens (including phenoxy) is 1. The number of hydrogen-bond donors (Lipinski definition) is 2. The molecule has 1 aliphatic heterocycles. The largest absolute Gasteiger partial charge is 0.465 e. The van der Waals surface area contributed by atoms with E-state index in [0.29, 0.717) is 6.04 Å². The molecule has 1 saturated carbocycles. The summed E-state index contributed by atoms with van der Waals surface area (Å²) in [5.74, 6) is 0. The van der Waals surface area contributed by atoms with Crippen LogP contribution in [0.1, 0.15) is 12.8 Å². The van der Waals surface area contributed by atoms with E-state index >= 15 is 0 Å². The van der Waals surface area contributed by atoms with Crippen LogP contribution in [0.4, 0.5) is 4.79 Å². The molecule has 0 unspecified atom stereocenters. The number of nitrogens with zero attached hydrogens (tertiary/aromatic N) is 1. The van der Waals surface area contributed by atoms with Crippen LogP contribution in [0.5, 0.6) is 0 Å². The first-order valence-electron chi connectivity index (χ1n) is 5.08. The fourth-order valence-electron chi connectivity index (χ4n) is 2.16. The first-order valence-corrected chi connectivity index (χ1v) is 5.08. The number of rotatable bonds is 2. The van der Waals surface area contributed by atoms with E-state index in [1.807, 2.05) is 0 Å². The standard InChI is InChI=1S/C9H16N2O3/c12-9(13)10-7-1-2-8(7)11-3-5-14-6-4-11/h7-8,10H,1-6H2,(H,12,13)/t7-,8+/m1/s1. The highest BCUT2D eigenvalue weighted by molar-refractivity contribution is 5.65. The Morgan fingerprint density at radius 2 is 2.07 bits per heavy atom. The Morgan fingerprint density at radius 1 is 1.36 bits per heavy atom. The Balaban J connectivity index is 1.82. The molecule has 2 aliphatic rings. The zero-order valence-electron chi connectivity index (χ0n) is 8.11. The quantitative estimate of drug-likeness (QED) is 0.664. The van der Waals surface area contributed by atoms with Gasteiger partial charge in [0.15, 0.2) is 0 Å². The van der Waals surface area contributed by atoms with Gasteiger partial charge in [0.1, 0.15) is 0 Å². The lowest BCUT2D eigenvalue weighted by molar-refractivity contribution is -0.0137. The maximum absolute atomic E-state index is 10.5. The van der Waals surface area contributed by atoms with Crippen LogP contribution in [0, 0.1) is 0 Å². The topological polar surface area (TPSA) is 61.8 Å². The highest BCUT2D eigenvalue weighted by Crippen LogP contribution is 2.26. The molecule has 0 aromatic heterocycles. The second-order valence-corrected chi connectivity index (χ2v) is 3.85. The zero-order chi connectivity index (χ0) is 9.97. The summed E-state index contributed by atoms with van der Waals surface area (Å²) in [6.07, 6.45) is 1.16. The minimum absolute atomic E-state index is 0.130. The fraction of sp³-hybridized carbons (Fsp3) is 0.889. The monoisotopic (exact) mass is 200 g/mol. The van der Waals surface area contributed by atoms with Gasteiger partial charge in [0.2, 0.25) is 0 Å². The van der Waals surface area contributed by atoms with Crippen LogP contribution in [0.25, 0.3) is 0 Å². The van der Waals surface area contributed by atoms with Crippen LogP contribution >= 0.6 is 0 Å². The van der Waals surface area contributed by atoms with Gasteiger partial charge in [-0.15, -0.1) is 0 Å². The van der Waals surface area contributed by atoms with Crippen LogP contribution in [0.3, 0.4) is 0 Å². The molecule has 0 radical (unpaired) electrons. The average molecular weight is 200 g/mol. The molecule has 0 aromatic carbocycles. The molecule has 5 heteroatoms. The minimum atomic E-state index is -0.909. The second kappa shape index (κ2) is 4.14. The molecule has 1 saturated heterocycles. The molecule has 0 spiro atoms. The Kier molecular flexibility index (Phi) is 2.88. The van der Waals surface area contributed by atoms with Crippen molar-refractivity contribution in [2.24, 2.45) is 0 Å². The van der Waals surface area contributed by atoms with Crippen molar-refractivity contribution in [1.29, 1.82) is 0 Å². The van der Waals surface area contributed by atoms with Crippen molar-refractivity contribution in [3.05, 3.63) is 0 Å². The smallest absolute Gasteiger partial charge is 0.404 e. The normalized spacial score (nSPS) is 33.4. The van der Waals surface area contributed by atoms with Crippen LogP contribution in [-0.2, 0) is 4.74 Å². The fourth-order valence-corrected chi connectivity index (χ4v) is 2.16. The molecule has 0 bridgehead atoms. The third-order valence-electron chi connectivity index (χ3n) is 3.06. The predicted molar refractivity (Wildman–Crippen MR) is 50.4 cm³/mol. The van der Waals surface area contributed by atoms with Crippen molar-refractivity contribution in [3.8, 4) is 0 Å². The third-order valence-corrected chi connectivity index (χ3v) is 3.06. The van der Waals surface area contributed by atoms with Crippen molar-refractivity contribution >= 4 is 6.09 Å². The van der Waals surface area contributed by atoms with E-state index in [0.717, 1.165) is 39.1 Å². The second-order valence-electron chi connectivity index (χ2n) is 3.85. The Morgan fingerprint density at radius 3 is 2.57 bits per heavy atom. The Labute approximate surface area is 83.0 Å². The summed E-state index contributed by atoms with van der Waals surface area (Å²) in [6, 6.07) is 0.528. The summed E-state index contributed by atoms with van der Waals surface area (Å²) in [5, 5.41) is 11.2. The first-order chi connectivity index (χ1) is 6.77. The van der Waals surface area contributed by atoms with E-state index in [4.69, 9.17) is 9.84 Å². The van der Waals surface area contributed by atoms with Crippen LogP contribution < -0.4 is 5.32 Å². The number of carboxylic acid groups (broad SMARTS) is 1. The minimum Gasteiger partial charge on any atom is -0.465 e. The van der Waals surface area contributed by atoms with Crippen molar-refractivity contribution in [3.63, 3.8) is 0 Å². The number of amides is 1. The Hall–Kier alpha value is -0.810. The SMILES string of the molecule is O=C(O)N[C@@H]1CC[C@@H]1N1CCOCC1. The van der Waals surface area contributed by atoms with Gasteiger partial charge in [-0.05, 0) is 12.8 Å². The van der Waals surface area contributed by atoms with E-state index in [-0.39, 0.29) is 6.04 Å². The zero-order valence-corrected chi connectivity index (χ0v) is 8.11. The van der Waals surface area contributed by atoms with Gasteiger partial charge in [0.05, 0.1) is 13.2 Å². The van der Waals surface area contributed by atoms with Crippen LogP contribution in [0.15, 0.2) is 0 Å². The molecule has 2 rings (SSSR count). The first kappa shape index (κ1) is 9.73. The van der Waals surface area contributed by atoms with E-state index in [9.17, 15) is 4.79 Å². The maximum atomic E-state index is 10.5. The highest BCUT2D eigenvalue weighted by atomic mass is 16.5. The summed E-state index contributed by atoms with van der Waals surface area (Å²) in [5.41, 5.74) is 0. The van der Waals surface area contributed by atoms with Crippen LogP contribution in [-0.4, -0.2) is 54.5 Å². The summed E-state index contributed by atoms with van der Waals surface area (Å²) >= 11 is 0. The molecule has 5 nitrogen and oxygen atoms in total. The molecular weight excluding hydrogens is 184 g/mol. The van der Waals surface area contributed by atoms with Gasteiger partial charge in [0.25, 0.3) is 0 Å². The van der Waals surface area contributed by atoms with Crippen molar-refractivity contribution < 1.29 is 14.6 Å². The number of nitrogens with one attached hydrogen (secondary N) is 1. The van der Waals surface area contributed by atoms with E-state index in [2.05, 4.69) is 10.2 Å². The van der Waals surface area contributed by atoms with Crippen molar-refractivity contribution in [1.82, 2.24) is 10.2 Å². The molecule has 14 heavy (non-hydrogen) atoms. The van der Waals surface area contributed by atoms with Crippen LogP contribution in [0.2, 0.25) is 0 Å². The molecular formula is C9H16N2O3. The molecule has 1 aliphatic carbocycles. The average Bonchev–Trinajstić information content (AvgIpc) is 2.14. The highest BCUT2D eigenvalue weighted by Gasteiger charge is 2.36. The molecule has 2 atom stereocenters. The van der Waals surface area contributed by atoms with Gasteiger partial charge < -0.3 is 15.2 Å². The summed E-state index contributed by atoms with van der Waals surface area (Å²) < 4.78 is 5.26. The van der Waals surface area contributed by atoms with E-state index in [1.165, 1.54) is 0 Å². The summed E-state index contributed by atoms with van der Waals surface area (Å²) in [4.78, 5) is 12.8. The van der Waals surface area contributed by atoms with Crippen molar-refractivity contribution in [2.45, 2.75) is 24.9 Å². The lowest BCUT2D eigenvalue weighted by Crippen LogP contribution is -2.60. The lowest BCUT2D eigenvalue weighted by atomic mass is 9.85. The molecule has 0 aromatic rings. The molecule has 80 valence electrons. The van der Waals surface area contributed by atoms with E-state index < -0.39 is 6.09 Å². The molecule has 1 heterocycles. The van der Waals surface area contributed by atoms with Gasteiger partial charge in [-0.1, -0.05) is 0 Å². The summed E-state index contributed by atoms with van der Waals surface area (Å²) in [7, 11) is 0. The molecule has 2 fully saturated rings. The van der Waals surface area contributed by atoms with Gasteiger partial charge in [-0.3, -0.25) is 4.90 Å². The van der Waals surface area contributed by atoms with Crippen molar-refractivity contribution in [2.75, 3.05) is 26.3 Å². The van der Waals surface area contributed by atoms with E-state index in [1.54, 1.807) is 0 Å². The lowest BCUT2D eigenvalue weighted by Gasteiger charge is -2.45. The third kappa shape index (κ3) is 1.99. The van der Waals surface area contributed by atoms with Gasteiger partial charge in [0, 0.05) is 25.2 Å².